The summed E-state index contributed by atoms with van der Waals surface area (Å²) in [5, 5.41) is 4.41. The van der Waals surface area contributed by atoms with E-state index in [1.165, 1.54) is 0 Å². The molecule has 3 rings (SSSR count). The molecule has 1 aromatic heterocycles. The maximum absolute atomic E-state index is 6.26. The first kappa shape index (κ1) is 15.3. The number of nitrogens with one attached hydrogen (secondary N) is 1. The number of morpholine rings is 1. The molecular formula is C15H16Cl2N4O. The van der Waals surface area contributed by atoms with Crippen LogP contribution in [-0.4, -0.2) is 36.3 Å². The van der Waals surface area contributed by atoms with Gasteiger partial charge in [-0.3, -0.25) is 0 Å². The van der Waals surface area contributed by atoms with Crippen molar-refractivity contribution in [2.24, 2.45) is 0 Å². The van der Waals surface area contributed by atoms with Crippen molar-refractivity contribution in [3.63, 3.8) is 0 Å². The number of halogens is 2. The largest absolute Gasteiger partial charge is 0.378 e. The van der Waals surface area contributed by atoms with E-state index in [0.29, 0.717) is 35.2 Å². The smallest absolute Gasteiger partial charge is 0.228 e. The van der Waals surface area contributed by atoms with Gasteiger partial charge in [0.25, 0.3) is 0 Å². The lowest BCUT2D eigenvalue weighted by Crippen LogP contribution is -2.37. The topological polar surface area (TPSA) is 50.3 Å². The zero-order chi connectivity index (χ0) is 15.5. The molecule has 1 saturated heterocycles. The Morgan fingerprint density at radius 2 is 1.77 bits per heavy atom. The third-order valence-electron chi connectivity index (χ3n) is 3.48. The molecule has 0 unspecified atom stereocenters. The minimum Gasteiger partial charge on any atom is -0.378 e. The van der Waals surface area contributed by atoms with Gasteiger partial charge in [-0.1, -0.05) is 23.2 Å². The van der Waals surface area contributed by atoms with Crippen LogP contribution < -0.4 is 10.2 Å². The predicted molar refractivity (Wildman–Crippen MR) is 89.5 cm³/mol. The van der Waals surface area contributed by atoms with Gasteiger partial charge in [-0.05, 0) is 31.2 Å². The van der Waals surface area contributed by atoms with Gasteiger partial charge < -0.3 is 15.0 Å². The lowest BCUT2D eigenvalue weighted by Gasteiger charge is -2.27. The van der Waals surface area contributed by atoms with Crippen molar-refractivity contribution in [3.05, 3.63) is 40.0 Å². The van der Waals surface area contributed by atoms with E-state index in [4.69, 9.17) is 27.9 Å². The highest BCUT2D eigenvalue weighted by Gasteiger charge is 2.17. The van der Waals surface area contributed by atoms with Gasteiger partial charge in [-0.25, -0.2) is 4.98 Å². The number of anilines is 3. The van der Waals surface area contributed by atoms with Gasteiger partial charge >= 0.3 is 0 Å². The monoisotopic (exact) mass is 338 g/mol. The molecule has 0 saturated carbocycles. The van der Waals surface area contributed by atoms with Crippen LogP contribution in [0, 0.1) is 6.92 Å². The average molecular weight is 339 g/mol. The standard InChI is InChI=1S/C15H16Cl2N4O/c1-10-13(17)19-15(21-6-8-22-9-7-21)20-14(10)18-12-4-2-11(16)3-5-12/h2-5H,6-9H2,1H3,(H,18,19,20). The maximum atomic E-state index is 6.26. The van der Waals surface area contributed by atoms with Crippen LogP contribution in [0.2, 0.25) is 10.2 Å². The summed E-state index contributed by atoms with van der Waals surface area (Å²) in [6.07, 6.45) is 0. The Kier molecular flexibility index (Phi) is 4.66. The van der Waals surface area contributed by atoms with E-state index >= 15 is 0 Å². The molecule has 2 heterocycles. The average Bonchev–Trinajstić information content (AvgIpc) is 2.54. The summed E-state index contributed by atoms with van der Waals surface area (Å²) < 4.78 is 5.35. The van der Waals surface area contributed by atoms with Gasteiger partial charge in [0, 0.05) is 29.4 Å². The zero-order valence-corrected chi connectivity index (χ0v) is 13.7. The Labute approximate surface area is 139 Å². The SMILES string of the molecule is Cc1c(Cl)nc(N2CCOCC2)nc1Nc1ccc(Cl)cc1. The highest BCUT2D eigenvalue weighted by Crippen LogP contribution is 2.27. The molecule has 1 aromatic carbocycles. The quantitative estimate of drug-likeness (QED) is 0.865. The van der Waals surface area contributed by atoms with Crippen molar-refractivity contribution in [2.75, 3.05) is 36.5 Å². The first-order valence-electron chi connectivity index (χ1n) is 7.03. The molecule has 1 aliphatic rings. The molecule has 116 valence electrons. The van der Waals surface area contributed by atoms with Gasteiger partial charge in [0.15, 0.2) is 0 Å². The highest BCUT2D eigenvalue weighted by atomic mass is 35.5. The fraction of sp³-hybridized carbons (Fsp3) is 0.333. The Morgan fingerprint density at radius 3 is 2.45 bits per heavy atom. The summed E-state index contributed by atoms with van der Waals surface area (Å²) in [5.74, 6) is 1.32. The van der Waals surface area contributed by atoms with Gasteiger partial charge in [0.05, 0.1) is 13.2 Å². The van der Waals surface area contributed by atoms with E-state index in [9.17, 15) is 0 Å². The van der Waals surface area contributed by atoms with Crippen LogP contribution >= 0.6 is 23.2 Å². The predicted octanol–water partition coefficient (Wildman–Crippen LogP) is 3.67. The molecule has 1 aliphatic heterocycles. The Balaban J connectivity index is 1.89. The van der Waals surface area contributed by atoms with Crippen LogP contribution in [0.1, 0.15) is 5.56 Å². The Hall–Kier alpha value is -1.56. The number of ether oxygens (including phenoxy) is 1. The Bertz CT molecular complexity index is 657. The first-order valence-corrected chi connectivity index (χ1v) is 7.78. The number of nitrogens with zero attached hydrogens (tertiary/aromatic N) is 3. The summed E-state index contributed by atoms with van der Waals surface area (Å²) in [5.41, 5.74) is 1.71. The van der Waals surface area contributed by atoms with E-state index in [2.05, 4.69) is 20.2 Å². The molecule has 0 amide bonds. The third-order valence-corrected chi connectivity index (χ3v) is 4.10. The van der Waals surface area contributed by atoms with Crippen molar-refractivity contribution >= 4 is 40.7 Å². The van der Waals surface area contributed by atoms with Crippen molar-refractivity contribution < 1.29 is 4.74 Å². The molecule has 2 aromatic rings. The molecule has 1 N–H and O–H groups in total. The van der Waals surface area contributed by atoms with Crippen molar-refractivity contribution in [1.29, 1.82) is 0 Å². The second-order valence-corrected chi connectivity index (χ2v) is 5.81. The van der Waals surface area contributed by atoms with E-state index in [1.54, 1.807) is 0 Å². The zero-order valence-electron chi connectivity index (χ0n) is 12.1. The summed E-state index contributed by atoms with van der Waals surface area (Å²) in [7, 11) is 0. The van der Waals surface area contributed by atoms with Crippen LogP contribution in [0.4, 0.5) is 17.5 Å². The van der Waals surface area contributed by atoms with Crippen LogP contribution in [0.25, 0.3) is 0 Å². The van der Waals surface area contributed by atoms with Crippen LogP contribution in [-0.2, 0) is 4.74 Å². The molecule has 0 atom stereocenters. The maximum Gasteiger partial charge on any atom is 0.228 e. The van der Waals surface area contributed by atoms with Gasteiger partial charge in [0.2, 0.25) is 5.95 Å². The Morgan fingerprint density at radius 1 is 1.09 bits per heavy atom. The van der Waals surface area contributed by atoms with Crippen LogP contribution in [0.3, 0.4) is 0 Å². The van der Waals surface area contributed by atoms with Crippen molar-refractivity contribution in [1.82, 2.24) is 9.97 Å². The molecule has 5 nitrogen and oxygen atoms in total. The number of hydrogen-bond donors (Lipinski definition) is 1. The van der Waals surface area contributed by atoms with Gasteiger partial charge in [-0.2, -0.15) is 4.98 Å². The van der Waals surface area contributed by atoms with E-state index in [-0.39, 0.29) is 0 Å². The molecule has 0 spiro atoms. The highest BCUT2D eigenvalue weighted by molar-refractivity contribution is 6.31. The second-order valence-electron chi connectivity index (χ2n) is 5.02. The number of rotatable bonds is 3. The van der Waals surface area contributed by atoms with Gasteiger partial charge in [-0.15, -0.1) is 0 Å². The van der Waals surface area contributed by atoms with Crippen LogP contribution in [0.5, 0.6) is 0 Å². The fourth-order valence-electron chi connectivity index (χ4n) is 2.17. The second kappa shape index (κ2) is 6.69. The molecule has 0 bridgehead atoms. The van der Waals surface area contributed by atoms with Crippen LogP contribution in [0.15, 0.2) is 24.3 Å². The lowest BCUT2D eigenvalue weighted by atomic mass is 10.3. The number of aromatic nitrogens is 2. The first-order chi connectivity index (χ1) is 10.6. The molecule has 1 fully saturated rings. The number of hydrogen-bond acceptors (Lipinski definition) is 5. The summed E-state index contributed by atoms with van der Waals surface area (Å²) >= 11 is 12.2. The molecule has 7 heteroatoms. The summed E-state index contributed by atoms with van der Waals surface area (Å²) in [4.78, 5) is 11.1. The lowest BCUT2D eigenvalue weighted by molar-refractivity contribution is 0.122. The molecule has 0 radical (unpaired) electrons. The third kappa shape index (κ3) is 3.43. The van der Waals surface area contributed by atoms with E-state index in [1.807, 2.05) is 31.2 Å². The van der Waals surface area contributed by atoms with Crippen molar-refractivity contribution in [3.8, 4) is 0 Å². The molecular weight excluding hydrogens is 323 g/mol. The van der Waals surface area contributed by atoms with E-state index in [0.717, 1.165) is 24.3 Å². The molecule has 0 aliphatic carbocycles. The van der Waals surface area contributed by atoms with Crippen molar-refractivity contribution in [2.45, 2.75) is 6.92 Å². The van der Waals surface area contributed by atoms with Gasteiger partial charge in [0.1, 0.15) is 11.0 Å². The normalized spacial score (nSPS) is 15.0. The minimum atomic E-state index is 0.452. The number of benzene rings is 1. The summed E-state index contributed by atoms with van der Waals surface area (Å²) in [6.45, 7) is 4.77. The minimum absolute atomic E-state index is 0.452. The summed E-state index contributed by atoms with van der Waals surface area (Å²) in [6, 6.07) is 7.44. The fourth-order valence-corrected chi connectivity index (χ4v) is 2.47. The van der Waals surface area contributed by atoms with E-state index < -0.39 is 0 Å². The molecule has 22 heavy (non-hydrogen) atoms.